The van der Waals surface area contributed by atoms with Crippen LogP contribution in [0.1, 0.15) is 31.7 Å². The van der Waals surface area contributed by atoms with Crippen LogP contribution in [-0.4, -0.2) is 35.7 Å². The Bertz CT molecular complexity index is 841. The first-order valence-corrected chi connectivity index (χ1v) is 10.0. The van der Waals surface area contributed by atoms with Crippen LogP contribution in [0.2, 0.25) is 0 Å². The second kappa shape index (κ2) is 9.87. The van der Waals surface area contributed by atoms with Crippen molar-refractivity contribution in [1.29, 1.82) is 0 Å². The average molecular weight is 393 g/mol. The molecule has 1 fully saturated rings. The van der Waals surface area contributed by atoms with Gasteiger partial charge >= 0.3 is 0 Å². The Kier molecular flexibility index (Phi) is 7.00. The van der Waals surface area contributed by atoms with Crippen molar-refractivity contribution < 1.29 is 14.4 Å². The quantitative estimate of drug-likeness (QED) is 0.789. The average Bonchev–Trinajstić information content (AvgIpc) is 2.74. The molecule has 0 unspecified atom stereocenters. The standard InChI is InChI=1S/C23H27N3O3/c1-17(27)24-20-8-10-21(11-9-20)25-23(29)19-13-15-26(16-14-19)22(28)12-7-18-5-3-2-4-6-18/h2-6,8-11,19H,7,12-16H2,1H3,(H,24,27)(H,25,29). The summed E-state index contributed by atoms with van der Waals surface area (Å²) in [5.41, 5.74) is 2.56. The van der Waals surface area contributed by atoms with Crippen LogP contribution in [0.15, 0.2) is 54.6 Å². The first-order valence-electron chi connectivity index (χ1n) is 10.0. The monoisotopic (exact) mass is 393 g/mol. The van der Waals surface area contributed by atoms with Crippen molar-refractivity contribution in [2.24, 2.45) is 5.92 Å². The maximum Gasteiger partial charge on any atom is 0.227 e. The van der Waals surface area contributed by atoms with Crippen molar-refractivity contribution in [2.75, 3.05) is 23.7 Å². The third-order valence-electron chi connectivity index (χ3n) is 5.16. The number of carbonyl (C=O) groups is 3. The number of amides is 3. The Balaban J connectivity index is 1.43. The molecule has 0 aliphatic carbocycles. The number of aryl methyl sites for hydroxylation is 1. The highest BCUT2D eigenvalue weighted by Gasteiger charge is 2.27. The van der Waals surface area contributed by atoms with Gasteiger partial charge in [-0.25, -0.2) is 0 Å². The van der Waals surface area contributed by atoms with Gasteiger partial charge in [0.25, 0.3) is 0 Å². The fourth-order valence-electron chi connectivity index (χ4n) is 3.53. The number of hydrogen-bond donors (Lipinski definition) is 2. The molecule has 2 aromatic rings. The fraction of sp³-hybridized carbons (Fsp3) is 0.348. The van der Waals surface area contributed by atoms with Gasteiger partial charge in [0.05, 0.1) is 0 Å². The molecule has 6 heteroatoms. The maximum atomic E-state index is 12.5. The van der Waals surface area contributed by atoms with Crippen LogP contribution < -0.4 is 10.6 Å². The number of carbonyl (C=O) groups excluding carboxylic acids is 3. The number of nitrogens with one attached hydrogen (secondary N) is 2. The van der Waals surface area contributed by atoms with Gasteiger partial charge in [0.1, 0.15) is 0 Å². The summed E-state index contributed by atoms with van der Waals surface area (Å²) in [6.45, 7) is 2.69. The molecule has 1 saturated heterocycles. The zero-order valence-electron chi connectivity index (χ0n) is 16.7. The molecule has 3 amide bonds. The van der Waals surface area contributed by atoms with Crippen molar-refractivity contribution in [3.8, 4) is 0 Å². The number of rotatable bonds is 6. The van der Waals surface area contributed by atoms with Crippen molar-refractivity contribution in [1.82, 2.24) is 4.90 Å². The van der Waals surface area contributed by atoms with Gasteiger partial charge in [-0.3, -0.25) is 14.4 Å². The molecule has 0 saturated carbocycles. The topological polar surface area (TPSA) is 78.5 Å². The van der Waals surface area contributed by atoms with E-state index in [4.69, 9.17) is 0 Å². The van der Waals surface area contributed by atoms with Crippen LogP contribution >= 0.6 is 0 Å². The van der Waals surface area contributed by atoms with Gasteiger partial charge in [0.2, 0.25) is 17.7 Å². The third kappa shape index (κ3) is 6.17. The van der Waals surface area contributed by atoms with E-state index >= 15 is 0 Å². The maximum absolute atomic E-state index is 12.5. The minimum atomic E-state index is -0.133. The second-order valence-electron chi connectivity index (χ2n) is 7.39. The van der Waals surface area contributed by atoms with Crippen molar-refractivity contribution in [3.05, 3.63) is 60.2 Å². The molecular weight excluding hydrogens is 366 g/mol. The molecule has 6 nitrogen and oxygen atoms in total. The molecule has 2 aromatic carbocycles. The molecule has 0 atom stereocenters. The lowest BCUT2D eigenvalue weighted by atomic mass is 9.95. The van der Waals surface area contributed by atoms with Gasteiger partial charge in [-0.15, -0.1) is 0 Å². The normalized spacial score (nSPS) is 14.3. The summed E-state index contributed by atoms with van der Waals surface area (Å²) in [5, 5.41) is 5.62. The van der Waals surface area contributed by atoms with Gasteiger partial charge in [-0.05, 0) is 49.1 Å². The van der Waals surface area contributed by atoms with Gasteiger partial charge in [-0.1, -0.05) is 30.3 Å². The first kappa shape index (κ1) is 20.6. The molecule has 0 aromatic heterocycles. The Labute approximate surface area is 171 Å². The zero-order valence-corrected chi connectivity index (χ0v) is 16.7. The van der Waals surface area contributed by atoms with Crippen molar-refractivity contribution >= 4 is 29.1 Å². The Hall–Kier alpha value is -3.15. The predicted octanol–water partition coefficient (Wildman–Crippen LogP) is 3.45. The molecule has 1 aliphatic rings. The minimum Gasteiger partial charge on any atom is -0.343 e. The van der Waals surface area contributed by atoms with Crippen LogP contribution in [0.4, 0.5) is 11.4 Å². The molecule has 1 heterocycles. The number of piperidine rings is 1. The molecule has 0 spiro atoms. The lowest BCUT2D eigenvalue weighted by Crippen LogP contribution is -2.41. The Morgan fingerprint density at radius 1 is 0.897 bits per heavy atom. The second-order valence-corrected chi connectivity index (χ2v) is 7.39. The zero-order chi connectivity index (χ0) is 20.6. The largest absolute Gasteiger partial charge is 0.343 e. The molecule has 2 N–H and O–H groups in total. The highest BCUT2D eigenvalue weighted by Crippen LogP contribution is 2.21. The van der Waals surface area contributed by atoms with Crippen LogP contribution in [0, 0.1) is 5.92 Å². The van der Waals surface area contributed by atoms with Gasteiger partial charge < -0.3 is 15.5 Å². The SMILES string of the molecule is CC(=O)Nc1ccc(NC(=O)C2CCN(C(=O)CCc3ccccc3)CC2)cc1. The van der Waals surface area contributed by atoms with E-state index in [0.29, 0.717) is 43.7 Å². The fourth-order valence-corrected chi connectivity index (χ4v) is 3.53. The van der Waals surface area contributed by atoms with E-state index in [0.717, 1.165) is 6.42 Å². The molecule has 0 radical (unpaired) electrons. The molecule has 3 rings (SSSR count). The number of nitrogens with zero attached hydrogens (tertiary/aromatic N) is 1. The van der Waals surface area contributed by atoms with E-state index in [-0.39, 0.29) is 23.6 Å². The van der Waals surface area contributed by atoms with Gasteiger partial charge in [-0.2, -0.15) is 0 Å². The number of benzene rings is 2. The molecule has 0 bridgehead atoms. The highest BCUT2D eigenvalue weighted by atomic mass is 16.2. The summed E-state index contributed by atoms with van der Waals surface area (Å²) in [5.74, 6) is -0.0926. The van der Waals surface area contributed by atoms with Crippen LogP contribution in [0.5, 0.6) is 0 Å². The summed E-state index contributed by atoms with van der Waals surface area (Å²) < 4.78 is 0. The number of hydrogen-bond acceptors (Lipinski definition) is 3. The van der Waals surface area contributed by atoms with E-state index in [1.54, 1.807) is 24.3 Å². The summed E-state index contributed by atoms with van der Waals surface area (Å²) in [4.78, 5) is 37.9. The van der Waals surface area contributed by atoms with Crippen LogP contribution in [0.25, 0.3) is 0 Å². The third-order valence-corrected chi connectivity index (χ3v) is 5.16. The van der Waals surface area contributed by atoms with E-state index in [1.807, 2.05) is 35.2 Å². The van der Waals surface area contributed by atoms with E-state index in [1.165, 1.54) is 12.5 Å². The predicted molar refractivity (Wildman–Crippen MR) is 113 cm³/mol. The lowest BCUT2D eigenvalue weighted by molar-refractivity contribution is -0.134. The lowest BCUT2D eigenvalue weighted by Gasteiger charge is -2.31. The number of likely N-dealkylation sites (tertiary alicyclic amines) is 1. The Morgan fingerprint density at radius 3 is 2.07 bits per heavy atom. The van der Waals surface area contributed by atoms with Gasteiger partial charge in [0.15, 0.2) is 0 Å². The van der Waals surface area contributed by atoms with Crippen molar-refractivity contribution in [2.45, 2.75) is 32.6 Å². The summed E-state index contributed by atoms with van der Waals surface area (Å²) >= 11 is 0. The first-order chi connectivity index (χ1) is 14.0. The van der Waals surface area contributed by atoms with Crippen LogP contribution in [-0.2, 0) is 20.8 Å². The smallest absolute Gasteiger partial charge is 0.227 e. The van der Waals surface area contributed by atoms with E-state index in [9.17, 15) is 14.4 Å². The molecular formula is C23H27N3O3. The van der Waals surface area contributed by atoms with Crippen LogP contribution in [0.3, 0.4) is 0 Å². The molecule has 1 aliphatic heterocycles. The van der Waals surface area contributed by atoms with E-state index < -0.39 is 0 Å². The summed E-state index contributed by atoms with van der Waals surface area (Å²) in [6, 6.07) is 17.1. The summed E-state index contributed by atoms with van der Waals surface area (Å²) in [6.07, 6.45) is 2.59. The minimum absolute atomic E-state index is 0.0198. The summed E-state index contributed by atoms with van der Waals surface area (Å²) in [7, 11) is 0. The van der Waals surface area contributed by atoms with Gasteiger partial charge in [0, 0.05) is 43.7 Å². The van der Waals surface area contributed by atoms with E-state index in [2.05, 4.69) is 10.6 Å². The number of anilines is 2. The van der Waals surface area contributed by atoms with Crippen molar-refractivity contribution in [3.63, 3.8) is 0 Å². The Morgan fingerprint density at radius 2 is 1.48 bits per heavy atom. The molecule has 29 heavy (non-hydrogen) atoms. The highest BCUT2D eigenvalue weighted by molar-refractivity contribution is 5.93. The molecule has 152 valence electrons.